The van der Waals surface area contributed by atoms with Gasteiger partial charge in [0.05, 0.1) is 5.69 Å². The zero-order valence-electron chi connectivity index (χ0n) is 11.2. The number of anilines is 2. The van der Waals surface area contributed by atoms with Gasteiger partial charge in [0.25, 0.3) is 10.0 Å². The van der Waals surface area contributed by atoms with Crippen LogP contribution in [0.15, 0.2) is 53.4 Å². The average molecular weight is 294 g/mol. The molecule has 0 aromatic heterocycles. The van der Waals surface area contributed by atoms with Gasteiger partial charge in [-0.1, -0.05) is 18.2 Å². The summed E-state index contributed by atoms with van der Waals surface area (Å²) in [7, 11) is -0.227. The molecule has 0 atom stereocenters. The van der Waals surface area contributed by atoms with Gasteiger partial charge in [0.1, 0.15) is 10.7 Å². The highest BCUT2D eigenvalue weighted by molar-refractivity contribution is 7.92. The zero-order valence-corrected chi connectivity index (χ0v) is 12.0. The summed E-state index contributed by atoms with van der Waals surface area (Å²) in [5.41, 5.74) is 1.23. The first-order valence-corrected chi connectivity index (χ1v) is 7.43. The Kier molecular flexibility index (Phi) is 3.94. The van der Waals surface area contributed by atoms with E-state index in [0.29, 0.717) is 5.69 Å². The number of rotatable bonds is 4. The van der Waals surface area contributed by atoms with E-state index in [4.69, 9.17) is 0 Å². The first kappa shape index (κ1) is 14.3. The number of nitrogens with one attached hydrogen (secondary N) is 1. The monoisotopic (exact) mass is 294 g/mol. The molecule has 2 aromatic rings. The summed E-state index contributed by atoms with van der Waals surface area (Å²) in [6.07, 6.45) is 0. The van der Waals surface area contributed by atoms with E-state index in [1.54, 1.807) is 18.2 Å². The molecule has 0 saturated heterocycles. The number of hydrogen-bond donors (Lipinski definition) is 1. The van der Waals surface area contributed by atoms with Crippen molar-refractivity contribution < 1.29 is 12.8 Å². The molecular weight excluding hydrogens is 279 g/mol. The van der Waals surface area contributed by atoms with Gasteiger partial charge < -0.3 is 4.90 Å². The normalized spacial score (nSPS) is 11.2. The number of hydrogen-bond acceptors (Lipinski definition) is 3. The highest BCUT2D eigenvalue weighted by Crippen LogP contribution is 2.22. The van der Waals surface area contributed by atoms with E-state index in [1.807, 2.05) is 25.1 Å². The Labute approximate surface area is 117 Å². The molecule has 0 bridgehead atoms. The van der Waals surface area contributed by atoms with Gasteiger partial charge in [0.15, 0.2) is 0 Å². The summed E-state index contributed by atoms with van der Waals surface area (Å²) in [5.74, 6) is -0.774. The molecule has 0 unspecified atom stereocenters. The maximum atomic E-state index is 13.6. The lowest BCUT2D eigenvalue weighted by molar-refractivity contribution is 0.570. The van der Waals surface area contributed by atoms with Crippen LogP contribution in [0.2, 0.25) is 0 Å². The summed E-state index contributed by atoms with van der Waals surface area (Å²) >= 11 is 0. The van der Waals surface area contributed by atoms with E-state index in [9.17, 15) is 12.8 Å². The molecule has 0 radical (unpaired) electrons. The molecule has 106 valence electrons. The minimum Gasteiger partial charge on any atom is -0.378 e. The van der Waals surface area contributed by atoms with Crippen molar-refractivity contribution in [3.05, 3.63) is 54.3 Å². The smallest absolute Gasteiger partial charge is 0.264 e. The van der Waals surface area contributed by atoms with Crippen LogP contribution in [0.3, 0.4) is 0 Å². The summed E-state index contributed by atoms with van der Waals surface area (Å²) in [5, 5.41) is 0. The van der Waals surface area contributed by atoms with Crippen LogP contribution in [0.4, 0.5) is 15.8 Å². The molecule has 2 aromatic carbocycles. The molecular formula is C14H15FN2O2S. The Morgan fingerprint density at radius 3 is 2.40 bits per heavy atom. The zero-order chi connectivity index (χ0) is 14.8. The molecule has 2 rings (SSSR count). The predicted octanol–water partition coefficient (Wildman–Crippen LogP) is 2.69. The third kappa shape index (κ3) is 3.08. The summed E-state index contributed by atoms with van der Waals surface area (Å²) in [6, 6.07) is 12.1. The van der Waals surface area contributed by atoms with Crippen molar-refractivity contribution in [2.75, 3.05) is 23.7 Å². The van der Waals surface area contributed by atoms with Gasteiger partial charge in [-0.25, -0.2) is 12.8 Å². The largest absolute Gasteiger partial charge is 0.378 e. The molecule has 20 heavy (non-hydrogen) atoms. The van der Waals surface area contributed by atoms with Crippen LogP contribution in [-0.2, 0) is 10.0 Å². The van der Waals surface area contributed by atoms with Crippen LogP contribution < -0.4 is 9.62 Å². The van der Waals surface area contributed by atoms with Gasteiger partial charge in [0.2, 0.25) is 0 Å². The Balaban J connectivity index is 2.34. The van der Waals surface area contributed by atoms with Gasteiger partial charge in [-0.05, 0) is 30.3 Å². The first-order chi connectivity index (χ1) is 9.40. The predicted molar refractivity (Wildman–Crippen MR) is 78.0 cm³/mol. The minimum atomic E-state index is -3.93. The lowest BCUT2D eigenvalue weighted by Gasteiger charge is -2.14. The van der Waals surface area contributed by atoms with Crippen LogP contribution in [0.1, 0.15) is 0 Å². The topological polar surface area (TPSA) is 49.4 Å². The standard InChI is InChI=1S/C14H15FN2O2S/c1-17(2)12-7-5-6-11(10-12)16-20(18,19)14-9-4-3-8-13(14)15/h3-10,16H,1-2H3. The summed E-state index contributed by atoms with van der Waals surface area (Å²) in [6.45, 7) is 0. The van der Waals surface area contributed by atoms with Crippen molar-refractivity contribution in [2.45, 2.75) is 4.90 Å². The molecule has 0 amide bonds. The fourth-order valence-corrected chi connectivity index (χ4v) is 2.85. The molecule has 0 aliphatic rings. The lowest BCUT2D eigenvalue weighted by atomic mass is 10.3. The molecule has 0 spiro atoms. The lowest BCUT2D eigenvalue weighted by Crippen LogP contribution is -2.15. The van der Waals surface area contributed by atoms with Gasteiger partial charge in [-0.3, -0.25) is 4.72 Å². The third-order valence-corrected chi connectivity index (χ3v) is 4.16. The maximum Gasteiger partial charge on any atom is 0.264 e. The van der Waals surface area contributed by atoms with Crippen LogP contribution >= 0.6 is 0 Å². The number of halogens is 1. The quantitative estimate of drug-likeness (QED) is 0.943. The number of nitrogens with zero attached hydrogens (tertiary/aromatic N) is 1. The summed E-state index contributed by atoms with van der Waals surface area (Å²) in [4.78, 5) is 1.48. The molecule has 0 heterocycles. The van der Waals surface area contributed by atoms with Crippen LogP contribution in [0.5, 0.6) is 0 Å². The van der Waals surface area contributed by atoms with E-state index < -0.39 is 15.8 Å². The van der Waals surface area contributed by atoms with Crippen LogP contribution in [0.25, 0.3) is 0 Å². The molecule has 0 aliphatic heterocycles. The molecule has 4 nitrogen and oxygen atoms in total. The maximum absolute atomic E-state index is 13.6. The second-order valence-electron chi connectivity index (χ2n) is 4.48. The highest BCUT2D eigenvalue weighted by Gasteiger charge is 2.18. The fourth-order valence-electron chi connectivity index (χ4n) is 1.72. The van der Waals surface area contributed by atoms with E-state index >= 15 is 0 Å². The molecule has 1 N–H and O–H groups in total. The van der Waals surface area contributed by atoms with Gasteiger partial charge in [-0.2, -0.15) is 0 Å². The molecule has 0 aliphatic carbocycles. The second-order valence-corrected chi connectivity index (χ2v) is 6.13. The Morgan fingerprint density at radius 1 is 1.05 bits per heavy atom. The molecule has 0 fully saturated rings. The van der Waals surface area contributed by atoms with Crippen LogP contribution in [0, 0.1) is 5.82 Å². The van der Waals surface area contributed by atoms with Gasteiger partial charge in [-0.15, -0.1) is 0 Å². The Bertz CT molecular complexity index is 715. The van der Waals surface area contributed by atoms with Crippen molar-refractivity contribution in [1.82, 2.24) is 0 Å². The van der Waals surface area contributed by atoms with E-state index in [1.165, 1.54) is 18.2 Å². The van der Waals surface area contributed by atoms with Crippen molar-refractivity contribution in [1.29, 1.82) is 0 Å². The SMILES string of the molecule is CN(C)c1cccc(NS(=O)(=O)c2ccccc2F)c1. The van der Waals surface area contributed by atoms with Gasteiger partial charge >= 0.3 is 0 Å². The van der Waals surface area contributed by atoms with Crippen molar-refractivity contribution in [2.24, 2.45) is 0 Å². The van der Waals surface area contributed by atoms with Crippen molar-refractivity contribution in [3.8, 4) is 0 Å². The van der Waals surface area contributed by atoms with Gasteiger partial charge in [0, 0.05) is 19.8 Å². The minimum absolute atomic E-state index is 0.366. The summed E-state index contributed by atoms with van der Waals surface area (Å²) < 4.78 is 40.2. The molecule has 6 heteroatoms. The van der Waals surface area contributed by atoms with E-state index in [0.717, 1.165) is 11.8 Å². The Hall–Kier alpha value is -2.08. The molecule has 0 saturated carbocycles. The third-order valence-electron chi connectivity index (χ3n) is 2.74. The number of sulfonamides is 1. The van der Waals surface area contributed by atoms with Crippen LogP contribution in [-0.4, -0.2) is 22.5 Å². The van der Waals surface area contributed by atoms with Crippen molar-refractivity contribution >= 4 is 21.4 Å². The number of benzene rings is 2. The van der Waals surface area contributed by atoms with Crippen molar-refractivity contribution in [3.63, 3.8) is 0 Å². The highest BCUT2D eigenvalue weighted by atomic mass is 32.2. The van der Waals surface area contributed by atoms with E-state index in [2.05, 4.69) is 4.72 Å². The first-order valence-electron chi connectivity index (χ1n) is 5.95. The second kappa shape index (κ2) is 5.50. The Morgan fingerprint density at radius 2 is 1.75 bits per heavy atom. The van der Waals surface area contributed by atoms with E-state index in [-0.39, 0.29) is 4.90 Å². The average Bonchev–Trinajstić information content (AvgIpc) is 2.38. The fraction of sp³-hybridized carbons (Fsp3) is 0.143.